The maximum absolute atomic E-state index is 14.2. The maximum atomic E-state index is 14.2. The molecule has 2 atom stereocenters. The number of carbonyl (C=O) groups excluding carboxylic acids is 1. The van der Waals surface area contributed by atoms with Gasteiger partial charge in [0.25, 0.3) is 0 Å². The molecule has 6 nitrogen and oxygen atoms in total. The minimum Gasteiger partial charge on any atom is -1.00 e. The van der Waals surface area contributed by atoms with Crippen molar-refractivity contribution in [2.45, 2.75) is 12.6 Å². The van der Waals surface area contributed by atoms with Crippen LogP contribution in [0.25, 0.3) is 22.2 Å². The molecule has 4 rings (SSSR count). The second-order valence-corrected chi connectivity index (χ2v) is 14.4. The third kappa shape index (κ3) is 12.4. The van der Waals surface area contributed by atoms with Gasteiger partial charge in [-0.05, 0) is 89.0 Å². The molecule has 247 valence electrons. The molecule has 51 heavy (non-hydrogen) atoms. The molecule has 1 amide bonds. The summed E-state index contributed by atoms with van der Waals surface area (Å²) in [4.78, 5) is 18.5. The van der Waals surface area contributed by atoms with Crippen molar-refractivity contribution in [2.24, 2.45) is 4.99 Å². The average Bonchev–Trinajstić information content (AvgIpc) is 3.46. The van der Waals surface area contributed by atoms with E-state index >= 15 is 0 Å². The van der Waals surface area contributed by atoms with Crippen molar-refractivity contribution in [1.82, 2.24) is 4.90 Å². The molecule has 0 aliphatic carbocycles. The number of hydrogen-bond donors (Lipinski definition) is 0. The summed E-state index contributed by atoms with van der Waals surface area (Å²) >= 11 is 7.48. The van der Waals surface area contributed by atoms with Crippen molar-refractivity contribution in [3.63, 3.8) is 0 Å². The molecule has 1 aromatic heterocycles. The molecule has 2 unspecified atom stereocenters. The topological polar surface area (TPSA) is 82.0 Å². The molecule has 0 bridgehead atoms. The third-order valence-corrected chi connectivity index (χ3v) is 10.2. The van der Waals surface area contributed by atoms with Gasteiger partial charge in [-0.25, -0.2) is 17.6 Å². The number of aliphatic imine (C=N–C) groups is 1. The van der Waals surface area contributed by atoms with E-state index in [0.29, 0.717) is 20.9 Å². The number of amides is 1. The Morgan fingerprint density at radius 2 is 1.65 bits per heavy atom. The Labute approximate surface area is 323 Å². The van der Waals surface area contributed by atoms with Crippen LogP contribution in [0.15, 0.2) is 77.4 Å². The number of rotatable bonds is 11. The summed E-state index contributed by atoms with van der Waals surface area (Å²) in [6.45, 7) is 2.87. The minimum absolute atomic E-state index is 0. The van der Waals surface area contributed by atoms with Gasteiger partial charge in [0.1, 0.15) is 5.66 Å². The first-order valence-electron chi connectivity index (χ1n) is 14.6. The van der Waals surface area contributed by atoms with Gasteiger partial charge in [-0.3, -0.25) is 19.3 Å². The number of hydrogen-bond acceptors (Lipinski definition) is 6. The molecule has 0 fully saturated rings. The monoisotopic (exact) mass is 734 g/mol. The molecule has 0 saturated carbocycles. The molecule has 0 aliphatic heterocycles. The smallest absolute Gasteiger partial charge is 1.00 e. The Bertz CT molecular complexity index is 1970. The van der Waals surface area contributed by atoms with Crippen LogP contribution >= 0.6 is 30.3 Å². The van der Waals surface area contributed by atoms with Crippen molar-refractivity contribution in [1.29, 1.82) is 0 Å². The van der Waals surface area contributed by atoms with Crippen LogP contribution in [0.2, 0.25) is 5.02 Å². The van der Waals surface area contributed by atoms with Crippen molar-refractivity contribution in [3.8, 4) is 0 Å². The van der Waals surface area contributed by atoms with Crippen molar-refractivity contribution < 1.29 is 56.8 Å². The van der Waals surface area contributed by atoms with E-state index in [4.69, 9.17) is 47.1 Å². The molecular weight excluding hydrogens is 709 g/mol. The van der Waals surface area contributed by atoms with E-state index in [1.807, 2.05) is 0 Å². The van der Waals surface area contributed by atoms with E-state index in [1.54, 1.807) is 30.5 Å². The first-order chi connectivity index (χ1) is 23.6. The first kappa shape index (κ1) is 44.5. The number of carbonyl (C=O) groups is 1. The summed E-state index contributed by atoms with van der Waals surface area (Å²) in [6.07, 6.45) is 3.42. The number of amidine groups is 1. The Hall–Kier alpha value is -2.71. The third-order valence-electron chi connectivity index (χ3n) is 6.81. The molecule has 0 aliphatic rings. The van der Waals surface area contributed by atoms with Crippen molar-refractivity contribution in [2.75, 3.05) is 13.3 Å². The predicted octanol–water partition coefficient (Wildman–Crippen LogP) is 2.43. The van der Waals surface area contributed by atoms with Gasteiger partial charge < -0.3 is 11.1 Å². The fourth-order valence-corrected chi connectivity index (χ4v) is 7.43. The molecular formula is C30H24B7ClF4LiN2O4PS-. The number of halogens is 5. The van der Waals surface area contributed by atoms with Gasteiger partial charge in [0.2, 0.25) is 13.3 Å². The van der Waals surface area contributed by atoms with Crippen molar-refractivity contribution in [3.05, 3.63) is 117 Å². The van der Waals surface area contributed by atoms with Gasteiger partial charge in [-0.1, -0.05) is 23.7 Å². The van der Waals surface area contributed by atoms with Gasteiger partial charge in [-0.2, -0.15) is 0 Å². The van der Waals surface area contributed by atoms with Gasteiger partial charge in [0.05, 0.1) is 12.6 Å². The van der Waals surface area contributed by atoms with Crippen LogP contribution in [0.5, 0.6) is 0 Å². The fraction of sp³-hybridized carbons (Fsp3) is 0.133. The maximum Gasteiger partial charge on any atom is 1.00 e. The quantitative estimate of drug-likeness (QED) is 0.0781. The van der Waals surface area contributed by atoms with Crippen LogP contribution in [-0.4, -0.2) is 80.9 Å². The summed E-state index contributed by atoms with van der Waals surface area (Å²) in [5.74, 6) is -5.39. The second-order valence-electron chi connectivity index (χ2n) is 10.5. The van der Waals surface area contributed by atoms with Gasteiger partial charge in [-0.15, -0.1) is 11.3 Å². The van der Waals surface area contributed by atoms with Gasteiger partial charge in [0.15, 0.2) is 23.3 Å². The summed E-state index contributed by atoms with van der Waals surface area (Å²) in [6, 6.07) is 9.83. The van der Waals surface area contributed by atoms with Crippen LogP contribution in [0.4, 0.5) is 17.6 Å². The number of benzene rings is 3. The van der Waals surface area contributed by atoms with E-state index in [9.17, 15) is 32.0 Å². The fourth-order valence-electron chi connectivity index (χ4n) is 4.28. The minimum atomic E-state index is -3.81. The van der Waals surface area contributed by atoms with Crippen LogP contribution < -0.4 is 24.0 Å². The van der Waals surface area contributed by atoms with E-state index in [-0.39, 0.29) is 44.4 Å². The predicted molar refractivity (Wildman–Crippen MR) is 201 cm³/mol. The zero-order valence-electron chi connectivity index (χ0n) is 28.7. The number of nitrogens with zero attached hydrogens (tertiary/aromatic N) is 2. The molecule has 4 aromatic rings. The molecule has 0 spiro atoms. The van der Waals surface area contributed by atoms with Crippen LogP contribution in [-0.2, 0) is 13.9 Å². The van der Waals surface area contributed by atoms with Gasteiger partial charge in [0, 0.05) is 79.6 Å². The summed E-state index contributed by atoms with van der Waals surface area (Å²) < 4.78 is 74.3. The number of fused-ring (bicyclic) bond motifs is 1. The average molecular weight is 734 g/mol. The largest absolute Gasteiger partial charge is 1.00 e. The van der Waals surface area contributed by atoms with Crippen LogP contribution in [0.1, 0.15) is 30.7 Å². The Kier molecular flexibility index (Phi) is 17.9. The molecule has 0 saturated heterocycles. The van der Waals surface area contributed by atoms with Gasteiger partial charge >= 0.3 is 18.9 Å². The zero-order chi connectivity index (χ0) is 37.2. The van der Waals surface area contributed by atoms with Crippen molar-refractivity contribution >= 4 is 115 Å². The Morgan fingerprint density at radius 1 is 1.06 bits per heavy atom. The summed E-state index contributed by atoms with van der Waals surface area (Å²) in [7, 11) is 17.8. The van der Waals surface area contributed by atoms with E-state index in [0.717, 1.165) is 41.4 Å². The summed E-state index contributed by atoms with van der Waals surface area (Å²) in [5, 5.41) is 15.9. The molecule has 0 N–H and O–H groups in total. The molecule has 3 aromatic carbocycles. The number of thiophene rings is 1. The SMILES string of the molecule is CCOP(C)(=O)C(C(=O)N(/C=C/c1ccc(F)c(F)c1)C([O-])=N/C=C/c1ccc(F)c(F)c1)c1csc2ccc(Cl)cc12.[B][B]B([B])B([B])[B].[H-].[Li+]. The normalized spacial score (nSPS) is 13.2. The van der Waals surface area contributed by atoms with E-state index in [2.05, 4.69) is 4.99 Å². The Morgan fingerprint density at radius 3 is 2.16 bits per heavy atom. The molecule has 21 heteroatoms. The van der Waals surface area contributed by atoms with Crippen LogP contribution in [0.3, 0.4) is 0 Å². The van der Waals surface area contributed by atoms with E-state index in [1.165, 1.54) is 49.3 Å². The van der Waals surface area contributed by atoms with E-state index < -0.39 is 54.6 Å². The molecule has 9 radical (unpaired) electrons. The zero-order valence-corrected chi connectivity index (χ0v) is 30.1. The summed E-state index contributed by atoms with van der Waals surface area (Å²) in [5.41, 5.74) is -0.887. The second kappa shape index (κ2) is 20.5. The standard InChI is InChI=1S/C30H24ClF4N2O4PS.B7.Li.H/c1-3-41-42(2,40)28(22-17-43-27-9-6-20(31)16-21(22)27)29(38)37(13-11-19-5-8-24(33)26(35)15-19)30(39)36-12-10-18-4-7-23(32)25(34)14-18;1-5-7(4)6(2)3;;/h4-17,28H,3H2,1-2H3,(H,36,39);;;/q;;+1;-1/p-1/b12-10+,13-11+;;;. The molecule has 1 heterocycles. The first-order valence-corrected chi connectivity index (χ1v) is 18.0. The van der Waals surface area contributed by atoms with Crippen LogP contribution in [0, 0.1) is 23.3 Å². The Balaban J connectivity index is 0.00000136.